The Hall–Kier alpha value is -1.13. The summed E-state index contributed by atoms with van der Waals surface area (Å²) in [7, 11) is 0. The summed E-state index contributed by atoms with van der Waals surface area (Å²) in [6, 6.07) is 6.03. The van der Waals surface area contributed by atoms with Crippen LogP contribution in [0.15, 0.2) is 18.2 Å². The molecule has 1 aliphatic heterocycles. The summed E-state index contributed by atoms with van der Waals surface area (Å²) in [6.45, 7) is 12.1. The highest BCUT2D eigenvalue weighted by Gasteiger charge is 2.23. The summed E-state index contributed by atoms with van der Waals surface area (Å²) < 4.78 is 14.3. The highest BCUT2D eigenvalue weighted by Crippen LogP contribution is 2.26. The Bertz CT molecular complexity index is 442. The molecule has 0 amide bonds. The van der Waals surface area contributed by atoms with E-state index in [4.69, 9.17) is 0 Å². The van der Waals surface area contributed by atoms with Crippen LogP contribution < -0.4 is 10.2 Å². The van der Waals surface area contributed by atoms with Gasteiger partial charge in [-0.25, -0.2) is 4.39 Å². The van der Waals surface area contributed by atoms with Gasteiger partial charge in [0.05, 0.1) is 5.69 Å². The third kappa shape index (κ3) is 3.95. The van der Waals surface area contributed by atoms with E-state index < -0.39 is 0 Å². The molecule has 21 heavy (non-hydrogen) atoms. The molecule has 3 nitrogen and oxygen atoms in total. The van der Waals surface area contributed by atoms with Gasteiger partial charge in [0, 0.05) is 38.8 Å². The summed E-state index contributed by atoms with van der Waals surface area (Å²) in [6.07, 6.45) is 1.17. The van der Waals surface area contributed by atoms with Crippen LogP contribution >= 0.6 is 0 Å². The van der Waals surface area contributed by atoms with Crippen molar-refractivity contribution in [1.29, 1.82) is 0 Å². The largest absolute Gasteiger partial charge is 0.366 e. The molecule has 118 valence electrons. The molecule has 1 aromatic rings. The van der Waals surface area contributed by atoms with Crippen LogP contribution in [0.25, 0.3) is 0 Å². The Kier molecular flexibility index (Phi) is 6.00. The van der Waals surface area contributed by atoms with E-state index >= 15 is 0 Å². The maximum Gasteiger partial charge on any atom is 0.146 e. The molecule has 4 heteroatoms. The highest BCUT2D eigenvalue weighted by molar-refractivity contribution is 5.55. The number of rotatable bonds is 6. The first-order chi connectivity index (χ1) is 10.2. The van der Waals surface area contributed by atoms with Crippen molar-refractivity contribution in [3.8, 4) is 0 Å². The monoisotopic (exact) mass is 293 g/mol. The second kappa shape index (κ2) is 7.76. The lowest BCUT2D eigenvalue weighted by Crippen LogP contribution is -2.50. The Balaban J connectivity index is 2.08. The number of piperazine rings is 1. The van der Waals surface area contributed by atoms with Gasteiger partial charge in [-0.05, 0) is 31.5 Å². The number of nitrogens with zero attached hydrogens (tertiary/aromatic N) is 2. The molecule has 0 saturated carbocycles. The average molecular weight is 293 g/mol. The predicted octanol–water partition coefficient (Wildman–Crippen LogP) is 2.86. The van der Waals surface area contributed by atoms with Crippen molar-refractivity contribution >= 4 is 5.69 Å². The maximum absolute atomic E-state index is 14.3. The van der Waals surface area contributed by atoms with Crippen LogP contribution in [0.4, 0.5) is 10.1 Å². The molecule has 0 radical (unpaired) electrons. The summed E-state index contributed by atoms with van der Waals surface area (Å²) in [5.74, 6) is -0.0950. The summed E-state index contributed by atoms with van der Waals surface area (Å²) in [5.41, 5.74) is 1.86. The van der Waals surface area contributed by atoms with Gasteiger partial charge in [-0.2, -0.15) is 0 Å². The van der Waals surface area contributed by atoms with Crippen LogP contribution in [-0.2, 0) is 6.54 Å². The molecule has 0 spiro atoms. The van der Waals surface area contributed by atoms with Crippen LogP contribution in [0.5, 0.6) is 0 Å². The van der Waals surface area contributed by atoms with Gasteiger partial charge in [0.15, 0.2) is 0 Å². The van der Waals surface area contributed by atoms with Crippen molar-refractivity contribution in [3.05, 3.63) is 29.6 Å². The van der Waals surface area contributed by atoms with E-state index in [0.717, 1.165) is 50.5 Å². The number of anilines is 1. The first-order valence-electron chi connectivity index (χ1n) is 8.14. The molecule has 1 aromatic carbocycles. The Morgan fingerprint density at radius 2 is 1.90 bits per heavy atom. The molecule has 1 heterocycles. The summed E-state index contributed by atoms with van der Waals surface area (Å²) in [5, 5.41) is 3.30. The van der Waals surface area contributed by atoms with Crippen molar-refractivity contribution in [1.82, 2.24) is 10.2 Å². The molecule has 1 unspecified atom stereocenters. The van der Waals surface area contributed by atoms with Crippen LogP contribution in [0.2, 0.25) is 0 Å². The minimum atomic E-state index is -0.0950. The molecule has 2 rings (SSSR count). The van der Waals surface area contributed by atoms with E-state index in [1.165, 1.54) is 6.42 Å². The lowest BCUT2D eigenvalue weighted by Gasteiger charge is -2.39. The van der Waals surface area contributed by atoms with Crippen LogP contribution in [0.1, 0.15) is 32.8 Å². The summed E-state index contributed by atoms with van der Waals surface area (Å²) >= 11 is 0. The number of hydrogen-bond donors (Lipinski definition) is 1. The standard InChI is InChI=1S/C17H28FN3/c1-4-14(3)20-9-11-21(12-10-20)17-15(13-19-5-2)7-6-8-16(17)18/h6-8,14,19H,4-5,9-13H2,1-3H3. The summed E-state index contributed by atoms with van der Waals surface area (Å²) in [4.78, 5) is 4.71. The van der Waals surface area contributed by atoms with Gasteiger partial charge in [0.2, 0.25) is 0 Å². The van der Waals surface area contributed by atoms with E-state index in [1.807, 2.05) is 6.07 Å². The molecule has 0 aromatic heterocycles. The van der Waals surface area contributed by atoms with Crippen LogP contribution in [0, 0.1) is 5.82 Å². The van der Waals surface area contributed by atoms with E-state index in [0.29, 0.717) is 6.04 Å². The average Bonchev–Trinajstić information content (AvgIpc) is 2.52. The first-order valence-corrected chi connectivity index (χ1v) is 8.14. The molecule has 1 atom stereocenters. The first kappa shape index (κ1) is 16.2. The van der Waals surface area contributed by atoms with Crippen molar-refractivity contribution in [2.75, 3.05) is 37.6 Å². The number of benzene rings is 1. The molecule has 1 fully saturated rings. The van der Waals surface area contributed by atoms with Crippen molar-refractivity contribution in [2.45, 2.75) is 39.8 Å². The second-order valence-electron chi connectivity index (χ2n) is 5.81. The van der Waals surface area contributed by atoms with Crippen molar-refractivity contribution in [3.63, 3.8) is 0 Å². The van der Waals surface area contributed by atoms with Gasteiger partial charge in [-0.3, -0.25) is 4.90 Å². The third-order valence-corrected chi connectivity index (χ3v) is 4.48. The number of para-hydroxylation sites is 1. The van der Waals surface area contributed by atoms with Gasteiger partial charge in [0.25, 0.3) is 0 Å². The van der Waals surface area contributed by atoms with Crippen molar-refractivity contribution in [2.24, 2.45) is 0 Å². The van der Waals surface area contributed by atoms with E-state index in [-0.39, 0.29) is 5.82 Å². The topological polar surface area (TPSA) is 18.5 Å². The predicted molar refractivity (Wildman–Crippen MR) is 87.3 cm³/mol. The van der Waals surface area contributed by atoms with E-state index in [9.17, 15) is 4.39 Å². The van der Waals surface area contributed by atoms with E-state index in [2.05, 4.69) is 35.9 Å². The molecular formula is C17H28FN3. The Labute approximate surface area is 128 Å². The zero-order valence-corrected chi connectivity index (χ0v) is 13.5. The fourth-order valence-corrected chi connectivity index (χ4v) is 2.96. The molecule has 0 bridgehead atoms. The SMILES string of the molecule is CCNCc1cccc(F)c1N1CCN(C(C)CC)CC1. The lowest BCUT2D eigenvalue weighted by atomic mass is 10.1. The molecule has 1 saturated heterocycles. The zero-order chi connectivity index (χ0) is 15.2. The fraction of sp³-hybridized carbons (Fsp3) is 0.647. The molecular weight excluding hydrogens is 265 g/mol. The fourth-order valence-electron chi connectivity index (χ4n) is 2.96. The Morgan fingerprint density at radius 3 is 2.52 bits per heavy atom. The quantitative estimate of drug-likeness (QED) is 0.870. The molecule has 1 aliphatic rings. The third-order valence-electron chi connectivity index (χ3n) is 4.48. The minimum Gasteiger partial charge on any atom is -0.366 e. The normalized spacial score (nSPS) is 18.0. The number of halogens is 1. The molecule has 1 N–H and O–H groups in total. The van der Waals surface area contributed by atoms with Gasteiger partial charge in [0.1, 0.15) is 5.82 Å². The van der Waals surface area contributed by atoms with Gasteiger partial charge in [-0.15, -0.1) is 0 Å². The van der Waals surface area contributed by atoms with Crippen molar-refractivity contribution < 1.29 is 4.39 Å². The zero-order valence-electron chi connectivity index (χ0n) is 13.5. The van der Waals surface area contributed by atoms with Gasteiger partial charge in [-0.1, -0.05) is 26.0 Å². The maximum atomic E-state index is 14.3. The Morgan fingerprint density at radius 1 is 1.19 bits per heavy atom. The van der Waals surface area contributed by atoms with Crippen LogP contribution in [0.3, 0.4) is 0 Å². The van der Waals surface area contributed by atoms with Gasteiger partial charge < -0.3 is 10.2 Å². The number of nitrogens with one attached hydrogen (secondary N) is 1. The molecule has 0 aliphatic carbocycles. The highest BCUT2D eigenvalue weighted by atomic mass is 19.1. The van der Waals surface area contributed by atoms with Gasteiger partial charge >= 0.3 is 0 Å². The smallest absolute Gasteiger partial charge is 0.146 e. The second-order valence-corrected chi connectivity index (χ2v) is 5.81. The number of hydrogen-bond acceptors (Lipinski definition) is 3. The van der Waals surface area contributed by atoms with E-state index in [1.54, 1.807) is 12.1 Å². The minimum absolute atomic E-state index is 0.0950. The van der Waals surface area contributed by atoms with Crippen LogP contribution in [-0.4, -0.2) is 43.7 Å². The lowest BCUT2D eigenvalue weighted by molar-refractivity contribution is 0.192.